The summed E-state index contributed by atoms with van der Waals surface area (Å²) in [6, 6.07) is 76.5. The van der Waals surface area contributed by atoms with E-state index in [1.165, 1.54) is 54.6 Å². The smallest absolute Gasteiger partial charge is 0.137 e. The molecule has 0 radical (unpaired) electrons. The Morgan fingerprint density at radius 1 is 0.304 bits per heavy atom. The van der Waals surface area contributed by atoms with Crippen LogP contribution in [0.4, 0.5) is 17.1 Å². The molecule has 0 aliphatic carbocycles. The summed E-state index contributed by atoms with van der Waals surface area (Å²) in [6.07, 6.45) is 0. The van der Waals surface area contributed by atoms with Crippen LogP contribution >= 0.6 is 0 Å². The quantitative estimate of drug-likeness (QED) is 0.160. The topological polar surface area (TPSA) is 16.4 Å². The molecular formula is C54H35NO. The van der Waals surface area contributed by atoms with Gasteiger partial charge in [-0.25, -0.2) is 0 Å². The van der Waals surface area contributed by atoms with Crippen LogP contribution in [0.5, 0.6) is 0 Å². The Kier molecular flexibility index (Phi) is 7.53. The van der Waals surface area contributed by atoms with E-state index in [1.54, 1.807) is 0 Å². The van der Waals surface area contributed by atoms with E-state index < -0.39 is 0 Å². The fourth-order valence-corrected chi connectivity index (χ4v) is 8.56. The minimum atomic E-state index is 0.867. The molecule has 0 aliphatic rings. The molecule has 2 nitrogen and oxygen atoms in total. The van der Waals surface area contributed by atoms with Gasteiger partial charge in [-0.3, -0.25) is 0 Å². The van der Waals surface area contributed by atoms with E-state index in [-0.39, 0.29) is 0 Å². The molecule has 0 N–H and O–H groups in total. The minimum absolute atomic E-state index is 0.867. The van der Waals surface area contributed by atoms with Gasteiger partial charge < -0.3 is 9.32 Å². The van der Waals surface area contributed by atoms with Crippen molar-refractivity contribution in [1.82, 2.24) is 0 Å². The third-order valence-corrected chi connectivity index (χ3v) is 11.3. The van der Waals surface area contributed by atoms with E-state index in [9.17, 15) is 0 Å². The van der Waals surface area contributed by atoms with Gasteiger partial charge in [0.1, 0.15) is 11.2 Å². The highest BCUT2D eigenvalue weighted by molar-refractivity contribution is 6.14. The zero-order valence-corrected chi connectivity index (χ0v) is 30.6. The predicted molar refractivity (Wildman–Crippen MR) is 237 cm³/mol. The Labute approximate surface area is 325 Å². The highest BCUT2D eigenvalue weighted by atomic mass is 16.3. The van der Waals surface area contributed by atoms with Gasteiger partial charge >= 0.3 is 0 Å². The van der Waals surface area contributed by atoms with Gasteiger partial charge in [0, 0.05) is 16.6 Å². The van der Waals surface area contributed by atoms with Gasteiger partial charge in [0.15, 0.2) is 0 Å². The fourth-order valence-electron chi connectivity index (χ4n) is 8.56. The average Bonchev–Trinajstić information content (AvgIpc) is 3.66. The monoisotopic (exact) mass is 713 g/mol. The predicted octanol–water partition coefficient (Wildman–Crippen LogP) is 15.5. The minimum Gasteiger partial charge on any atom is -0.456 e. The first-order valence-electron chi connectivity index (χ1n) is 19.2. The summed E-state index contributed by atoms with van der Waals surface area (Å²) in [4.78, 5) is 2.40. The number of hydrogen-bond acceptors (Lipinski definition) is 2. The highest BCUT2D eigenvalue weighted by Crippen LogP contribution is 2.46. The highest BCUT2D eigenvalue weighted by Gasteiger charge is 2.22. The molecule has 56 heavy (non-hydrogen) atoms. The molecule has 11 aromatic rings. The molecule has 11 rings (SSSR count). The van der Waals surface area contributed by atoms with Crippen LogP contribution in [0, 0.1) is 0 Å². The number of fused-ring (bicyclic) bond motifs is 7. The van der Waals surface area contributed by atoms with Crippen LogP contribution in [0.3, 0.4) is 0 Å². The second-order valence-electron chi connectivity index (χ2n) is 14.5. The lowest BCUT2D eigenvalue weighted by Gasteiger charge is -2.28. The maximum absolute atomic E-state index is 6.42. The van der Waals surface area contributed by atoms with E-state index in [2.05, 4.69) is 211 Å². The first kappa shape index (κ1) is 32.0. The molecule has 0 atom stereocenters. The molecule has 1 heterocycles. The molecule has 0 bridgehead atoms. The molecule has 0 fully saturated rings. The van der Waals surface area contributed by atoms with Crippen molar-refractivity contribution in [2.45, 2.75) is 0 Å². The summed E-state index contributed by atoms with van der Waals surface area (Å²) >= 11 is 0. The molecule has 0 spiro atoms. The molecule has 0 saturated carbocycles. The van der Waals surface area contributed by atoms with Crippen LogP contribution in [0.2, 0.25) is 0 Å². The summed E-state index contributed by atoms with van der Waals surface area (Å²) in [7, 11) is 0. The molecule has 10 aromatic carbocycles. The first-order valence-corrected chi connectivity index (χ1v) is 19.2. The lowest BCUT2D eigenvalue weighted by molar-refractivity contribution is 0.669. The summed E-state index contributed by atoms with van der Waals surface area (Å²) in [5, 5.41) is 9.75. The third-order valence-electron chi connectivity index (χ3n) is 11.3. The lowest BCUT2D eigenvalue weighted by Crippen LogP contribution is -2.11. The van der Waals surface area contributed by atoms with Crippen LogP contribution in [-0.4, -0.2) is 0 Å². The SMILES string of the molecule is c1ccc(N(c2ccc(-c3ccc4ccccc4c3)cc2)c2cccc3oc4ccccc4c23)c(-c2ccc(-c3cccc4c3ccc3ccccc34)cc2)c1. The van der Waals surface area contributed by atoms with E-state index >= 15 is 0 Å². The van der Waals surface area contributed by atoms with Gasteiger partial charge in [-0.2, -0.15) is 0 Å². The summed E-state index contributed by atoms with van der Waals surface area (Å²) in [5.74, 6) is 0. The van der Waals surface area contributed by atoms with Crippen LogP contribution < -0.4 is 4.90 Å². The number of para-hydroxylation sites is 2. The van der Waals surface area contributed by atoms with Gasteiger partial charge in [0.2, 0.25) is 0 Å². The van der Waals surface area contributed by atoms with Crippen LogP contribution in [0.25, 0.3) is 87.6 Å². The average molecular weight is 714 g/mol. The van der Waals surface area contributed by atoms with Gasteiger partial charge in [-0.1, -0.05) is 170 Å². The summed E-state index contributed by atoms with van der Waals surface area (Å²) in [5.41, 5.74) is 12.1. The Morgan fingerprint density at radius 2 is 0.875 bits per heavy atom. The fraction of sp³-hybridized carbons (Fsp3) is 0. The number of benzene rings is 10. The van der Waals surface area contributed by atoms with Crippen molar-refractivity contribution in [2.75, 3.05) is 4.90 Å². The maximum Gasteiger partial charge on any atom is 0.137 e. The normalized spacial score (nSPS) is 11.6. The molecular weight excluding hydrogens is 679 g/mol. The standard InChI is InChI=1S/C54H35NO/c1-2-13-41-35-42(28-23-36(41)11-1)37-29-32-43(33-30-37)55(51-20-10-22-53-54(51)49-16-6-8-21-52(49)56-53)50-19-7-5-15-46(50)40-26-24-39(25-27-40)45-17-9-18-47-44-14-4-3-12-38(44)31-34-48(45)47/h1-35H. The molecule has 0 saturated heterocycles. The van der Waals surface area contributed by atoms with Crippen molar-refractivity contribution in [3.63, 3.8) is 0 Å². The van der Waals surface area contributed by atoms with Crippen molar-refractivity contribution >= 4 is 71.3 Å². The van der Waals surface area contributed by atoms with E-state index in [1.807, 2.05) is 6.07 Å². The second-order valence-corrected chi connectivity index (χ2v) is 14.5. The van der Waals surface area contributed by atoms with Crippen molar-refractivity contribution < 1.29 is 4.42 Å². The number of furan rings is 1. The number of anilines is 3. The second kappa shape index (κ2) is 13.2. The zero-order chi connectivity index (χ0) is 37.0. The van der Waals surface area contributed by atoms with Gasteiger partial charge in [-0.15, -0.1) is 0 Å². The van der Waals surface area contributed by atoms with Crippen LogP contribution in [0.1, 0.15) is 0 Å². The third kappa shape index (κ3) is 5.34. The number of nitrogens with zero attached hydrogens (tertiary/aromatic N) is 1. The summed E-state index contributed by atoms with van der Waals surface area (Å²) < 4.78 is 6.42. The van der Waals surface area contributed by atoms with Gasteiger partial charge in [0.25, 0.3) is 0 Å². The van der Waals surface area contributed by atoms with Crippen molar-refractivity contribution in [3.8, 4) is 33.4 Å². The van der Waals surface area contributed by atoms with Crippen molar-refractivity contribution in [3.05, 3.63) is 212 Å². The summed E-state index contributed by atoms with van der Waals surface area (Å²) in [6.45, 7) is 0. The molecule has 0 amide bonds. The molecule has 2 heteroatoms. The molecule has 262 valence electrons. The Bertz CT molecular complexity index is 3250. The van der Waals surface area contributed by atoms with E-state index in [0.717, 1.165) is 50.1 Å². The van der Waals surface area contributed by atoms with E-state index in [4.69, 9.17) is 4.42 Å². The number of rotatable bonds is 6. The van der Waals surface area contributed by atoms with Gasteiger partial charge in [0.05, 0.1) is 16.8 Å². The van der Waals surface area contributed by atoms with Crippen LogP contribution in [-0.2, 0) is 0 Å². The van der Waals surface area contributed by atoms with Crippen molar-refractivity contribution in [2.24, 2.45) is 0 Å². The Hall–Kier alpha value is -7.42. The lowest BCUT2D eigenvalue weighted by atomic mass is 9.93. The molecule has 0 unspecified atom stereocenters. The largest absolute Gasteiger partial charge is 0.456 e. The maximum atomic E-state index is 6.42. The van der Waals surface area contributed by atoms with Crippen molar-refractivity contribution in [1.29, 1.82) is 0 Å². The Balaban J connectivity index is 1.05. The molecule has 0 aliphatic heterocycles. The van der Waals surface area contributed by atoms with Gasteiger partial charge in [-0.05, 0) is 103 Å². The first-order chi connectivity index (χ1) is 27.8. The zero-order valence-electron chi connectivity index (χ0n) is 30.6. The Morgan fingerprint density at radius 3 is 1.73 bits per heavy atom. The van der Waals surface area contributed by atoms with Crippen LogP contribution in [0.15, 0.2) is 217 Å². The molecule has 1 aromatic heterocycles. The van der Waals surface area contributed by atoms with E-state index in [0.29, 0.717) is 0 Å². The number of hydrogen-bond donors (Lipinski definition) is 0.